The largest absolute Gasteiger partial charge is 0.477 e. The summed E-state index contributed by atoms with van der Waals surface area (Å²) in [7, 11) is 5.49. The molecule has 0 aromatic carbocycles. The number of carbonyl (C=O) groups excluding carboxylic acids is 2. The molecule has 0 radical (unpaired) electrons. The second-order valence-electron chi connectivity index (χ2n) is 15.2. The lowest BCUT2D eigenvalue weighted by molar-refractivity contribution is -0.887. The number of unbranched alkanes of at least 4 members (excludes halogenated alkanes) is 9. The van der Waals surface area contributed by atoms with Crippen LogP contribution < -0.4 is 0 Å². The van der Waals surface area contributed by atoms with Gasteiger partial charge in [0.25, 0.3) is 0 Å². The number of carboxylic acids is 1. The number of carbonyl (C=O) groups is 3. The van der Waals surface area contributed by atoms with Gasteiger partial charge in [-0.15, -0.1) is 0 Å². The van der Waals surface area contributed by atoms with Crippen LogP contribution in [0.5, 0.6) is 0 Å². The maximum absolute atomic E-state index is 12.6. The number of allylic oxidation sites excluding steroid dienone is 14. The van der Waals surface area contributed by atoms with Gasteiger partial charge in [-0.1, -0.05) is 150 Å². The topological polar surface area (TPSA) is 99.1 Å². The zero-order valence-corrected chi connectivity index (χ0v) is 36.1. The Hall–Kier alpha value is -3.49. The summed E-state index contributed by atoms with van der Waals surface area (Å²) < 4.78 is 17.2. The predicted octanol–water partition coefficient (Wildman–Crippen LogP) is 11.7. The maximum Gasteiger partial charge on any atom is 0.362 e. The second kappa shape index (κ2) is 38.4. The third-order valence-corrected chi connectivity index (χ3v) is 9.06. The van der Waals surface area contributed by atoms with E-state index in [0.29, 0.717) is 19.3 Å². The molecule has 0 rings (SSSR count). The SMILES string of the molecule is CC/C=C/C/C=C/C/C=C/C/C=C/C/C=C/C/C=C/C/C=C/CCCC(=O)OCC(COCCC(C(=O)O)[N+](C)(C)C)OC(=O)CCCCCCCCCCC. The highest BCUT2D eigenvalue weighted by Gasteiger charge is 2.31. The summed E-state index contributed by atoms with van der Waals surface area (Å²) in [5.41, 5.74) is 0. The number of likely N-dealkylation sites (N-methyl/N-ethyl adjacent to an activating group) is 1. The van der Waals surface area contributed by atoms with Crippen molar-refractivity contribution in [1.29, 1.82) is 0 Å². The first-order chi connectivity index (χ1) is 27.1. The van der Waals surface area contributed by atoms with E-state index in [4.69, 9.17) is 14.2 Å². The fraction of sp³-hybridized carbons (Fsp3) is 0.646. The van der Waals surface area contributed by atoms with Crippen LogP contribution in [0.1, 0.15) is 149 Å². The van der Waals surface area contributed by atoms with E-state index in [-0.39, 0.29) is 42.7 Å². The van der Waals surface area contributed by atoms with Gasteiger partial charge in [-0.2, -0.15) is 0 Å². The first kappa shape index (κ1) is 52.5. The zero-order chi connectivity index (χ0) is 41.4. The molecule has 0 aromatic heterocycles. The number of hydrogen-bond acceptors (Lipinski definition) is 6. The summed E-state index contributed by atoms with van der Waals surface area (Å²) in [4.78, 5) is 36.8. The molecule has 0 aliphatic rings. The molecule has 56 heavy (non-hydrogen) atoms. The highest BCUT2D eigenvalue weighted by atomic mass is 16.6. The Bertz CT molecular complexity index is 1190. The molecule has 2 atom stereocenters. The van der Waals surface area contributed by atoms with Crippen molar-refractivity contribution in [3.63, 3.8) is 0 Å². The highest BCUT2D eigenvalue weighted by Crippen LogP contribution is 2.13. The van der Waals surface area contributed by atoms with Crippen LogP contribution in [-0.4, -0.2) is 80.6 Å². The molecule has 0 saturated carbocycles. The van der Waals surface area contributed by atoms with Crippen LogP contribution in [0.2, 0.25) is 0 Å². The molecule has 0 fully saturated rings. The molecule has 0 saturated heterocycles. The normalized spacial score (nSPS) is 13.8. The summed E-state index contributed by atoms with van der Waals surface area (Å²) >= 11 is 0. The van der Waals surface area contributed by atoms with Crippen LogP contribution >= 0.6 is 0 Å². The first-order valence-electron chi connectivity index (χ1n) is 21.6. The lowest BCUT2D eigenvalue weighted by atomic mass is 10.1. The van der Waals surface area contributed by atoms with Crippen molar-refractivity contribution in [2.24, 2.45) is 0 Å². The van der Waals surface area contributed by atoms with E-state index in [1.807, 2.05) is 21.1 Å². The standard InChI is InChI=1S/C48H79NO7/c1-6-8-10-12-14-16-17-18-19-20-21-22-23-24-25-26-27-28-29-31-32-34-36-38-46(50)55-43-44(42-54-41-40-45(48(52)53)49(3,4)5)56-47(51)39-37-35-33-30-15-13-11-9-7-2/h8,10,14,16,18-19,21-22,24-25,27-28,31-32,44-45H,6-7,9,11-13,15,17,20,23,26,29-30,33-43H2,1-5H3/p+1/b10-8+,16-14+,19-18+,22-21+,25-24+,28-27+,32-31+. The average molecular weight is 783 g/mol. The van der Waals surface area contributed by atoms with Gasteiger partial charge in [0.1, 0.15) is 6.61 Å². The third-order valence-electron chi connectivity index (χ3n) is 9.06. The Kier molecular flexibility index (Phi) is 36.0. The van der Waals surface area contributed by atoms with Crippen LogP contribution in [0.4, 0.5) is 0 Å². The van der Waals surface area contributed by atoms with Crippen LogP contribution in [-0.2, 0) is 28.6 Å². The highest BCUT2D eigenvalue weighted by molar-refractivity contribution is 5.72. The minimum Gasteiger partial charge on any atom is -0.477 e. The fourth-order valence-corrected chi connectivity index (χ4v) is 5.73. The molecule has 8 heteroatoms. The fourth-order valence-electron chi connectivity index (χ4n) is 5.73. The monoisotopic (exact) mass is 783 g/mol. The summed E-state index contributed by atoms with van der Waals surface area (Å²) in [6.07, 6.45) is 49.3. The van der Waals surface area contributed by atoms with Crippen LogP contribution in [0.25, 0.3) is 0 Å². The molecule has 0 aromatic rings. The van der Waals surface area contributed by atoms with Crippen molar-refractivity contribution in [1.82, 2.24) is 0 Å². The zero-order valence-electron chi connectivity index (χ0n) is 36.1. The van der Waals surface area contributed by atoms with Crippen molar-refractivity contribution in [2.75, 3.05) is 41.0 Å². The van der Waals surface area contributed by atoms with E-state index in [0.717, 1.165) is 70.6 Å². The van der Waals surface area contributed by atoms with Crippen LogP contribution in [0.15, 0.2) is 85.1 Å². The molecule has 318 valence electrons. The van der Waals surface area contributed by atoms with E-state index in [1.165, 1.54) is 38.5 Å². The van der Waals surface area contributed by atoms with Crippen LogP contribution in [0, 0.1) is 0 Å². The summed E-state index contributed by atoms with van der Waals surface area (Å²) in [6.45, 7) is 4.52. The van der Waals surface area contributed by atoms with E-state index in [1.54, 1.807) is 0 Å². The molecule has 0 aliphatic carbocycles. The number of ether oxygens (including phenoxy) is 3. The van der Waals surface area contributed by atoms with Gasteiger partial charge in [0, 0.05) is 19.3 Å². The smallest absolute Gasteiger partial charge is 0.362 e. The first-order valence-corrected chi connectivity index (χ1v) is 21.6. The van der Waals surface area contributed by atoms with Crippen molar-refractivity contribution < 1.29 is 38.2 Å². The Balaban J connectivity index is 4.39. The van der Waals surface area contributed by atoms with Gasteiger partial charge in [0.2, 0.25) is 0 Å². The van der Waals surface area contributed by atoms with E-state index in [9.17, 15) is 19.5 Å². The Morgan fingerprint density at radius 2 is 1.00 bits per heavy atom. The Labute approximate surface area is 342 Å². The lowest BCUT2D eigenvalue weighted by Gasteiger charge is -2.31. The molecule has 0 spiro atoms. The van der Waals surface area contributed by atoms with Crippen molar-refractivity contribution in [3.8, 4) is 0 Å². The van der Waals surface area contributed by atoms with Gasteiger partial charge in [0.05, 0.1) is 34.4 Å². The quantitative estimate of drug-likeness (QED) is 0.0290. The predicted molar refractivity (Wildman–Crippen MR) is 233 cm³/mol. The molecule has 1 N–H and O–H groups in total. The summed E-state index contributed by atoms with van der Waals surface area (Å²) in [6, 6.07) is -0.625. The van der Waals surface area contributed by atoms with Gasteiger partial charge in [-0.25, -0.2) is 4.79 Å². The maximum atomic E-state index is 12.6. The average Bonchev–Trinajstić information content (AvgIpc) is 3.15. The van der Waals surface area contributed by atoms with Crippen molar-refractivity contribution in [2.45, 2.75) is 161 Å². The summed E-state index contributed by atoms with van der Waals surface area (Å²) in [5, 5.41) is 9.59. The summed E-state index contributed by atoms with van der Waals surface area (Å²) in [5.74, 6) is -1.56. The van der Waals surface area contributed by atoms with Gasteiger partial charge in [-0.05, 0) is 64.2 Å². The van der Waals surface area contributed by atoms with Gasteiger partial charge in [-0.3, -0.25) is 9.59 Å². The molecular weight excluding hydrogens is 703 g/mol. The lowest BCUT2D eigenvalue weighted by Crippen LogP contribution is -2.50. The van der Waals surface area contributed by atoms with E-state index >= 15 is 0 Å². The molecule has 8 nitrogen and oxygen atoms in total. The van der Waals surface area contributed by atoms with Gasteiger partial charge >= 0.3 is 17.9 Å². The third kappa shape index (κ3) is 36.2. The molecule has 0 amide bonds. The minimum atomic E-state index is -0.887. The van der Waals surface area contributed by atoms with Gasteiger partial charge in [0.15, 0.2) is 12.1 Å². The number of nitrogens with zero attached hydrogens (tertiary/aromatic N) is 1. The van der Waals surface area contributed by atoms with Crippen molar-refractivity contribution in [3.05, 3.63) is 85.1 Å². The Morgan fingerprint density at radius 3 is 1.46 bits per heavy atom. The van der Waals surface area contributed by atoms with E-state index in [2.05, 4.69) is 98.9 Å². The number of aliphatic carboxylic acids is 1. The molecule has 0 heterocycles. The number of esters is 2. The van der Waals surface area contributed by atoms with Crippen LogP contribution in [0.3, 0.4) is 0 Å². The second-order valence-corrected chi connectivity index (χ2v) is 15.2. The van der Waals surface area contributed by atoms with Crippen molar-refractivity contribution >= 4 is 17.9 Å². The number of carboxylic acid groups (broad SMARTS) is 1. The molecule has 0 bridgehead atoms. The Morgan fingerprint density at radius 1 is 0.554 bits per heavy atom. The van der Waals surface area contributed by atoms with Gasteiger partial charge < -0.3 is 23.8 Å². The molecular formula is C48H80NO7+. The van der Waals surface area contributed by atoms with E-state index < -0.39 is 18.1 Å². The minimum absolute atomic E-state index is 0.0393. The number of quaternary nitrogens is 1. The molecule has 2 unspecified atom stereocenters. The number of rotatable bonds is 37. The number of hydrogen-bond donors (Lipinski definition) is 1. The molecule has 0 aliphatic heterocycles.